The summed E-state index contributed by atoms with van der Waals surface area (Å²) < 4.78 is 5.09. The fourth-order valence-corrected chi connectivity index (χ4v) is 3.41. The Bertz CT molecular complexity index is 408. The first-order valence-corrected chi connectivity index (χ1v) is 7.60. The molecule has 0 bridgehead atoms. The van der Waals surface area contributed by atoms with Crippen molar-refractivity contribution in [3.63, 3.8) is 0 Å². The molecule has 0 radical (unpaired) electrons. The summed E-state index contributed by atoms with van der Waals surface area (Å²) in [4.78, 5) is 0. The second-order valence-electron chi connectivity index (χ2n) is 4.41. The zero-order valence-electron chi connectivity index (χ0n) is 10.4. The second kappa shape index (κ2) is 6.55. The molecule has 3 nitrogen and oxygen atoms in total. The van der Waals surface area contributed by atoms with Gasteiger partial charge in [-0.2, -0.15) is 11.8 Å². The molecule has 2 rings (SSSR count). The molecule has 1 atom stereocenters. The number of hydrogen-bond donors (Lipinski definition) is 2. The maximum absolute atomic E-state index is 10.0. The highest BCUT2D eigenvalue weighted by molar-refractivity contribution is 7.99. The molecular formula is C13H18ClNO2S. The summed E-state index contributed by atoms with van der Waals surface area (Å²) in [5.74, 6) is 3.00. The molecule has 0 amide bonds. The van der Waals surface area contributed by atoms with Gasteiger partial charge in [0.2, 0.25) is 0 Å². The Hall–Kier alpha value is -0.580. The Morgan fingerprint density at radius 3 is 3.06 bits per heavy atom. The normalized spacial score (nSPS) is 19.8. The summed E-state index contributed by atoms with van der Waals surface area (Å²) >= 11 is 7.98. The van der Waals surface area contributed by atoms with E-state index in [1.165, 1.54) is 25.7 Å². The number of benzene rings is 1. The predicted molar refractivity (Wildman–Crippen MR) is 76.9 cm³/mol. The maximum atomic E-state index is 10.0. The highest BCUT2D eigenvalue weighted by Crippen LogP contribution is 2.33. The average Bonchev–Trinajstić information content (AvgIpc) is 2.40. The molecule has 1 aromatic rings. The SMILES string of the molecule is COc1cc(Cl)cc(CNC2CCCSC2)c1O. The Labute approximate surface area is 117 Å². The smallest absolute Gasteiger partial charge is 0.162 e. The zero-order valence-corrected chi connectivity index (χ0v) is 12.0. The third-order valence-electron chi connectivity index (χ3n) is 3.08. The van der Waals surface area contributed by atoms with Crippen LogP contribution in [0.4, 0.5) is 0 Å². The monoisotopic (exact) mass is 287 g/mol. The molecule has 0 aromatic heterocycles. The van der Waals surface area contributed by atoms with E-state index in [2.05, 4.69) is 5.32 Å². The van der Waals surface area contributed by atoms with Gasteiger partial charge in [-0.25, -0.2) is 0 Å². The molecule has 1 unspecified atom stereocenters. The topological polar surface area (TPSA) is 41.5 Å². The molecule has 0 spiro atoms. The third-order valence-corrected chi connectivity index (χ3v) is 4.51. The molecule has 1 heterocycles. The van der Waals surface area contributed by atoms with Crippen LogP contribution in [0.15, 0.2) is 12.1 Å². The van der Waals surface area contributed by atoms with E-state index in [1.807, 2.05) is 11.8 Å². The van der Waals surface area contributed by atoms with Crippen LogP contribution in [-0.4, -0.2) is 29.8 Å². The van der Waals surface area contributed by atoms with Gasteiger partial charge in [0.05, 0.1) is 7.11 Å². The molecule has 1 saturated heterocycles. The van der Waals surface area contributed by atoms with Crippen LogP contribution in [0.3, 0.4) is 0 Å². The van der Waals surface area contributed by atoms with Crippen molar-refractivity contribution in [3.8, 4) is 11.5 Å². The Morgan fingerprint density at radius 1 is 1.56 bits per heavy atom. The van der Waals surface area contributed by atoms with E-state index in [0.717, 1.165) is 11.3 Å². The van der Waals surface area contributed by atoms with Crippen LogP contribution in [0.25, 0.3) is 0 Å². The van der Waals surface area contributed by atoms with Gasteiger partial charge in [0.15, 0.2) is 11.5 Å². The predicted octanol–water partition coefficient (Wildman–Crippen LogP) is 3.04. The summed E-state index contributed by atoms with van der Waals surface area (Å²) in [5.41, 5.74) is 0.787. The maximum Gasteiger partial charge on any atom is 0.162 e. The first-order chi connectivity index (χ1) is 8.70. The molecule has 1 aromatic carbocycles. The Kier molecular flexibility index (Phi) is 5.03. The molecule has 0 saturated carbocycles. The number of phenolic OH excluding ortho intramolecular Hbond substituents is 1. The van der Waals surface area contributed by atoms with E-state index in [-0.39, 0.29) is 5.75 Å². The summed E-state index contributed by atoms with van der Waals surface area (Å²) in [7, 11) is 1.53. The number of halogens is 1. The van der Waals surface area contributed by atoms with Crippen LogP contribution >= 0.6 is 23.4 Å². The Morgan fingerprint density at radius 2 is 2.39 bits per heavy atom. The van der Waals surface area contributed by atoms with Gasteiger partial charge in [-0.3, -0.25) is 0 Å². The first kappa shape index (κ1) is 13.8. The molecule has 1 aliphatic rings. The summed E-state index contributed by atoms with van der Waals surface area (Å²) in [6.07, 6.45) is 2.46. The zero-order chi connectivity index (χ0) is 13.0. The van der Waals surface area contributed by atoms with Crippen molar-refractivity contribution >= 4 is 23.4 Å². The lowest BCUT2D eigenvalue weighted by molar-refractivity contribution is 0.368. The average molecular weight is 288 g/mol. The molecule has 1 fully saturated rings. The van der Waals surface area contributed by atoms with E-state index >= 15 is 0 Å². The highest BCUT2D eigenvalue weighted by atomic mass is 35.5. The van der Waals surface area contributed by atoms with Crippen LogP contribution < -0.4 is 10.1 Å². The number of methoxy groups -OCH3 is 1. The van der Waals surface area contributed by atoms with Gasteiger partial charge in [-0.1, -0.05) is 11.6 Å². The fourth-order valence-electron chi connectivity index (χ4n) is 2.07. The van der Waals surface area contributed by atoms with Crippen molar-refractivity contribution in [3.05, 3.63) is 22.7 Å². The minimum Gasteiger partial charge on any atom is -0.504 e. The lowest BCUT2D eigenvalue weighted by Gasteiger charge is -2.23. The highest BCUT2D eigenvalue weighted by Gasteiger charge is 2.15. The van der Waals surface area contributed by atoms with Gasteiger partial charge in [0.1, 0.15) is 0 Å². The molecule has 100 valence electrons. The van der Waals surface area contributed by atoms with Crippen LogP contribution in [0.2, 0.25) is 5.02 Å². The number of thioether (sulfide) groups is 1. The molecule has 0 aliphatic carbocycles. The van der Waals surface area contributed by atoms with Gasteiger partial charge < -0.3 is 15.2 Å². The molecule has 5 heteroatoms. The standard InChI is InChI=1S/C13H18ClNO2S/c1-17-12-6-10(14)5-9(13(12)16)7-15-11-3-2-4-18-8-11/h5-6,11,15-16H,2-4,7-8H2,1H3. The van der Waals surface area contributed by atoms with Gasteiger partial charge in [-0.15, -0.1) is 0 Å². The molecule has 18 heavy (non-hydrogen) atoms. The number of rotatable bonds is 4. The molecular weight excluding hydrogens is 270 g/mol. The summed E-state index contributed by atoms with van der Waals surface area (Å²) in [5, 5.41) is 14.1. The minimum atomic E-state index is 0.179. The Balaban J connectivity index is 2.01. The summed E-state index contributed by atoms with van der Waals surface area (Å²) in [6, 6.07) is 3.92. The van der Waals surface area contributed by atoms with Crippen molar-refractivity contribution in [1.82, 2.24) is 5.32 Å². The largest absolute Gasteiger partial charge is 0.504 e. The second-order valence-corrected chi connectivity index (χ2v) is 6.00. The van der Waals surface area contributed by atoms with Gasteiger partial charge >= 0.3 is 0 Å². The lowest BCUT2D eigenvalue weighted by Crippen LogP contribution is -2.33. The van der Waals surface area contributed by atoms with E-state index < -0.39 is 0 Å². The van der Waals surface area contributed by atoms with Gasteiger partial charge in [0, 0.05) is 35.0 Å². The first-order valence-electron chi connectivity index (χ1n) is 6.07. The van der Waals surface area contributed by atoms with Crippen molar-refractivity contribution in [2.24, 2.45) is 0 Å². The number of nitrogens with one attached hydrogen (secondary N) is 1. The van der Waals surface area contributed by atoms with Crippen molar-refractivity contribution in [1.29, 1.82) is 0 Å². The van der Waals surface area contributed by atoms with Crippen molar-refractivity contribution < 1.29 is 9.84 Å². The van der Waals surface area contributed by atoms with Crippen LogP contribution in [0.1, 0.15) is 18.4 Å². The summed E-state index contributed by atoms with van der Waals surface area (Å²) in [6.45, 7) is 0.619. The number of aromatic hydroxyl groups is 1. The van der Waals surface area contributed by atoms with E-state index in [4.69, 9.17) is 16.3 Å². The van der Waals surface area contributed by atoms with E-state index in [0.29, 0.717) is 23.4 Å². The number of phenols is 1. The molecule has 2 N–H and O–H groups in total. The van der Waals surface area contributed by atoms with Crippen LogP contribution in [0.5, 0.6) is 11.5 Å². The van der Waals surface area contributed by atoms with E-state index in [9.17, 15) is 5.11 Å². The van der Waals surface area contributed by atoms with Gasteiger partial charge in [-0.05, 0) is 24.7 Å². The number of ether oxygens (including phenoxy) is 1. The minimum absolute atomic E-state index is 0.179. The van der Waals surface area contributed by atoms with Crippen molar-refractivity contribution in [2.75, 3.05) is 18.6 Å². The van der Waals surface area contributed by atoms with E-state index in [1.54, 1.807) is 12.1 Å². The lowest BCUT2D eigenvalue weighted by atomic mass is 10.1. The van der Waals surface area contributed by atoms with Crippen LogP contribution in [-0.2, 0) is 6.54 Å². The third kappa shape index (κ3) is 3.46. The van der Waals surface area contributed by atoms with Gasteiger partial charge in [0.25, 0.3) is 0 Å². The molecule has 1 aliphatic heterocycles. The number of hydrogen-bond acceptors (Lipinski definition) is 4. The van der Waals surface area contributed by atoms with Crippen molar-refractivity contribution in [2.45, 2.75) is 25.4 Å². The van der Waals surface area contributed by atoms with Crippen LogP contribution in [0, 0.1) is 0 Å². The quantitative estimate of drug-likeness (QED) is 0.893. The fraction of sp³-hybridized carbons (Fsp3) is 0.538.